The quantitative estimate of drug-likeness (QED) is 0.723. The lowest BCUT2D eigenvalue weighted by Crippen LogP contribution is -2.32. The van der Waals surface area contributed by atoms with Gasteiger partial charge in [0.1, 0.15) is 17.8 Å². The number of aromatic nitrogens is 5. The summed E-state index contributed by atoms with van der Waals surface area (Å²) in [6, 6.07) is 9.40. The number of rotatable bonds is 4. The van der Waals surface area contributed by atoms with Gasteiger partial charge >= 0.3 is 6.03 Å². The number of amides is 2. The van der Waals surface area contributed by atoms with E-state index in [9.17, 15) is 4.79 Å². The van der Waals surface area contributed by atoms with Crippen LogP contribution in [0, 0.1) is 0 Å². The van der Waals surface area contributed by atoms with Crippen molar-refractivity contribution in [3.8, 4) is 11.5 Å². The second-order valence-electron chi connectivity index (χ2n) is 6.33. The summed E-state index contributed by atoms with van der Waals surface area (Å²) >= 11 is 0. The van der Waals surface area contributed by atoms with Crippen molar-refractivity contribution in [2.24, 2.45) is 0 Å². The Morgan fingerprint density at radius 2 is 1.81 bits per heavy atom. The average Bonchev–Trinajstić information content (AvgIpc) is 3.29. The van der Waals surface area contributed by atoms with E-state index >= 15 is 0 Å². The summed E-state index contributed by atoms with van der Waals surface area (Å²) in [5.41, 5.74) is 1.53. The van der Waals surface area contributed by atoms with Crippen LogP contribution < -0.4 is 9.80 Å². The largest absolute Gasteiger partial charge is 0.330 e. The maximum Gasteiger partial charge on any atom is 0.330 e. The van der Waals surface area contributed by atoms with Crippen LogP contribution in [0.5, 0.6) is 0 Å². The molecule has 1 saturated heterocycles. The van der Waals surface area contributed by atoms with Gasteiger partial charge in [0.2, 0.25) is 0 Å². The van der Waals surface area contributed by atoms with E-state index in [0.717, 1.165) is 5.69 Å². The molecule has 0 saturated carbocycles. The molecule has 4 heterocycles. The van der Waals surface area contributed by atoms with Gasteiger partial charge in [0.15, 0.2) is 5.82 Å². The summed E-state index contributed by atoms with van der Waals surface area (Å²) in [7, 11) is 0. The van der Waals surface area contributed by atoms with E-state index in [-0.39, 0.29) is 12.1 Å². The van der Waals surface area contributed by atoms with Crippen molar-refractivity contribution in [3.05, 3.63) is 49.1 Å². The molecular formula is C18H19N7O. The zero-order chi connectivity index (χ0) is 18.1. The highest BCUT2D eigenvalue weighted by molar-refractivity contribution is 6.05. The van der Waals surface area contributed by atoms with Gasteiger partial charge in [-0.25, -0.2) is 9.78 Å². The minimum Gasteiger partial charge on any atom is -0.310 e. The number of hydrogen-bond donors (Lipinski definition) is 0. The lowest BCUT2D eigenvalue weighted by atomic mass is 10.3. The molecule has 0 unspecified atom stereocenters. The Morgan fingerprint density at radius 3 is 2.58 bits per heavy atom. The summed E-state index contributed by atoms with van der Waals surface area (Å²) in [6.45, 7) is 5.31. The molecule has 0 spiro atoms. The van der Waals surface area contributed by atoms with Gasteiger partial charge in [0.25, 0.3) is 0 Å². The number of carbonyl (C=O) groups excluding carboxylic acids is 1. The molecule has 0 bridgehead atoms. The van der Waals surface area contributed by atoms with Gasteiger partial charge < -0.3 is 4.57 Å². The van der Waals surface area contributed by atoms with Crippen molar-refractivity contribution in [3.63, 3.8) is 0 Å². The molecule has 3 aromatic rings. The Labute approximate surface area is 151 Å². The second-order valence-corrected chi connectivity index (χ2v) is 6.33. The molecule has 1 aliphatic rings. The predicted octanol–water partition coefficient (Wildman–Crippen LogP) is 2.76. The third-order valence-electron chi connectivity index (χ3n) is 4.35. The molecule has 132 valence electrons. The number of pyridine rings is 2. The maximum absolute atomic E-state index is 12.8. The number of nitrogens with zero attached hydrogens (tertiary/aromatic N) is 7. The highest BCUT2D eigenvalue weighted by Crippen LogP contribution is 2.26. The second kappa shape index (κ2) is 6.55. The first-order chi connectivity index (χ1) is 12.6. The molecular weight excluding hydrogens is 330 g/mol. The van der Waals surface area contributed by atoms with Gasteiger partial charge in [-0.15, -0.1) is 10.2 Å². The molecule has 2 amide bonds. The summed E-state index contributed by atoms with van der Waals surface area (Å²) < 4.78 is 1.96. The molecule has 4 rings (SSSR count). The van der Waals surface area contributed by atoms with Crippen molar-refractivity contribution >= 4 is 17.5 Å². The molecule has 0 N–H and O–H groups in total. The third-order valence-corrected chi connectivity index (χ3v) is 4.35. The van der Waals surface area contributed by atoms with Crippen LogP contribution in [-0.2, 0) is 0 Å². The first-order valence-electron chi connectivity index (χ1n) is 8.51. The first-order valence-corrected chi connectivity index (χ1v) is 8.51. The fraction of sp³-hybridized carbons (Fsp3) is 0.278. The van der Waals surface area contributed by atoms with Crippen molar-refractivity contribution in [1.29, 1.82) is 0 Å². The van der Waals surface area contributed by atoms with Gasteiger partial charge in [-0.05, 0) is 38.1 Å². The molecule has 1 fully saturated rings. The van der Waals surface area contributed by atoms with Gasteiger partial charge in [-0.2, -0.15) is 0 Å². The fourth-order valence-electron chi connectivity index (χ4n) is 3.02. The minimum absolute atomic E-state index is 0.0915. The summed E-state index contributed by atoms with van der Waals surface area (Å²) in [5, 5.41) is 8.18. The Bertz CT molecular complexity index is 922. The molecule has 0 radical (unpaired) electrons. The predicted molar refractivity (Wildman–Crippen MR) is 98.0 cm³/mol. The number of carbonyl (C=O) groups is 1. The van der Waals surface area contributed by atoms with Crippen molar-refractivity contribution in [1.82, 2.24) is 24.7 Å². The molecule has 0 aliphatic carbocycles. The van der Waals surface area contributed by atoms with Gasteiger partial charge in [0, 0.05) is 37.2 Å². The van der Waals surface area contributed by atoms with Crippen LogP contribution in [0.25, 0.3) is 11.5 Å². The molecule has 0 aromatic carbocycles. The van der Waals surface area contributed by atoms with Gasteiger partial charge in [0.05, 0.1) is 0 Å². The lowest BCUT2D eigenvalue weighted by Gasteiger charge is -2.18. The van der Waals surface area contributed by atoms with Crippen LogP contribution in [-0.4, -0.2) is 43.9 Å². The Hall–Kier alpha value is -3.29. The molecule has 0 atom stereocenters. The van der Waals surface area contributed by atoms with Crippen LogP contribution in [0.4, 0.5) is 16.3 Å². The fourth-order valence-corrected chi connectivity index (χ4v) is 3.02. The van der Waals surface area contributed by atoms with Crippen molar-refractivity contribution in [2.75, 3.05) is 22.9 Å². The third kappa shape index (κ3) is 2.79. The van der Waals surface area contributed by atoms with Crippen molar-refractivity contribution in [2.45, 2.75) is 19.9 Å². The van der Waals surface area contributed by atoms with Gasteiger partial charge in [-0.1, -0.05) is 6.07 Å². The summed E-state index contributed by atoms with van der Waals surface area (Å²) in [6.07, 6.45) is 5.06. The van der Waals surface area contributed by atoms with Crippen LogP contribution in [0.2, 0.25) is 0 Å². The Balaban J connectivity index is 1.63. The van der Waals surface area contributed by atoms with E-state index in [1.54, 1.807) is 28.5 Å². The summed E-state index contributed by atoms with van der Waals surface area (Å²) in [5.74, 6) is 1.31. The molecule has 8 heteroatoms. The van der Waals surface area contributed by atoms with Crippen LogP contribution in [0.1, 0.15) is 19.9 Å². The zero-order valence-electron chi connectivity index (χ0n) is 14.6. The number of hydrogen-bond acceptors (Lipinski definition) is 5. The highest BCUT2D eigenvalue weighted by atomic mass is 16.2. The molecule has 8 nitrogen and oxygen atoms in total. The Kier molecular flexibility index (Phi) is 4.08. The summed E-state index contributed by atoms with van der Waals surface area (Å²) in [4.78, 5) is 24.9. The number of urea groups is 1. The topological polar surface area (TPSA) is 80.0 Å². The molecule has 26 heavy (non-hydrogen) atoms. The minimum atomic E-state index is -0.0915. The highest BCUT2D eigenvalue weighted by Gasteiger charge is 2.31. The smallest absolute Gasteiger partial charge is 0.310 e. The SMILES string of the molecule is CC(C)n1cnnc1-c1cccc(N2CCN(c3ccncc3)C2=O)n1. The monoisotopic (exact) mass is 349 g/mol. The zero-order valence-corrected chi connectivity index (χ0v) is 14.6. The van der Waals surface area contributed by atoms with Crippen LogP contribution in [0.3, 0.4) is 0 Å². The Morgan fingerprint density at radius 1 is 1.04 bits per heavy atom. The van der Waals surface area contributed by atoms with E-state index in [2.05, 4.69) is 34.0 Å². The average molecular weight is 349 g/mol. The van der Waals surface area contributed by atoms with E-state index in [1.807, 2.05) is 34.9 Å². The van der Waals surface area contributed by atoms with E-state index in [0.29, 0.717) is 30.4 Å². The lowest BCUT2D eigenvalue weighted by molar-refractivity contribution is 0.255. The van der Waals surface area contributed by atoms with Crippen LogP contribution in [0.15, 0.2) is 49.1 Å². The van der Waals surface area contributed by atoms with E-state index < -0.39 is 0 Å². The molecule has 1 aliphatic heterocycles. The van der Waals surface area contributed by atoms with Crippen molar-refractivity contribution < 1.29 is 4.79 Å². The maximum atomic E-state index is 12.8. The van der Waals surface area contributed by atoms with E-state index in [4.69, 9.17) is 0 Å². The number of anilines is 2. The standard InChI is InChI=1S/C18H19N7O/c1-13(2)25-12-20-22-17(25)15-4-3-5-16(21-15)24-11-10-23(18(24)26)14-6-8-19-9-7-14/h3-9,12-13H,10-11H2,1-2H3. The molecule has 3 aromatic heterocycles. The normalized spacial score (nSPS) is 14.5. The van der Waals surface area contributed by atoms with Crippen LogP contribution >= 0.6 is 0 Å². The van der Waals surface area contributed by atoms with Gasteiger partial charge in [-0.3, -0.25) is 14.8 Å². The first kappa shape index (κ1) is 16.2. The van der Waals surface area contributed by atoms with E-state index in [1.165, 1.54) is 0 Å².